The molecule has 0 fully saturated rings. The molecule has 0 aliphatic heterocycles. The van der Waals surface area contributed by atoms with Crippen molar-refractivity contribution >= 4 is 0 Å². The maximum atomic E-state index is 8.71. The zero-order chi connectivity index (χ0) is 7.98. The minimum absolute atomic E-state index is 0.0956. The number of hydrogen-bond acceptors (Lipinski definition) is 2. The molecule has 0 aliphatic rings. The molecule has 0 rings (SSSR count). The van der Waals surface area contributed by atoms with Crippen molar-refractivity contribution in [3.8, 4) is 0 Å². The van der Waals surface area contributed by atoms with Crippen LogP contribution in [0.15, 0.2) is 23.5 Å². The summed E-state index contributed by atoms with van der Waals surface area (Å²) in [7, 11) is 0. The molecule has 0 bridgehead atoms. The van der Waals surface area contributed by atoms with Crippen molar-refractivity contribution in [3.63, 3.8) is 0 Å². The molecule has 0 radical (unpaired) electrons. The van der Waals surface area contributed by atoms with Gasteiger partial charge in [-0.1, -0.05) is 11.6 Å². The molecule has 0 atom stereocenters. The Labute approximate surface area is 61.5 Å². The smallest absolute Gasteiger partial charge is 0.0855 e. The maximum absolute atomic E-state index is 8.71. The average Bonchev–Trinajstić information content (AvgIpc) is 1.87. The first-order chi connectivity index (χ1) is 4.66. The second kappa shape index (κ2) is 5.06. The van der Waals surface area contributed by atoms with Gasteiger partial charge in [0.1, 0.15) is 0 Å². The molecule has 0 aliphatic carbocycles. The largest absolute Gasteiger partial charge is 0.513 e. The molecule has 0 aromatic heterocycles. The summed E-state index contributed by atoms with van der Waals surface area (Å²) in [5, 5.41) is 17.3. The van der Waals surface area contributed by atoms with Gasteiger partial charge in [0.15, 0.2) is 0 Å². The van der Waals surface area contributed by atoms with Gasteiger partial charge in [-0.15, -0.1) is 0 Å². The van der Waals surface area contributed by atoms with Crippen LogP contribution in [0.25, 0.3) is 0 Å². The fourth-order valence-corrected chi connectivity index (χ4v) is 0.495. The number of aliphatic hydroxyl groups is 2. The van der Waals surface area contributed by atoms with Crippen molar-refractivity contribution in [2.24, 2.45) is 0 Å². The van der Waals surface area contributed by atoms with Crippen LogP contribution >= 0.6 is 0 Å². The molecular weight excluding hydrogens is 128 g/mol. The Hall–Kier alpha value is -0.760. The van der Waals surface area contributed by atoms with Gasteiger partial charge < -0.3 is 10.2 Å². The predicted octanol–water partition coefficient (Wildman–Crippen LogP) is 1.78. The topological polar surface area (TPSA) is 40.5 Å². The Morgan fingerprint density at radius 1 is 1.30 bits per heavy atom. The lowest BCUT2D eigenvalue weighted by Crippen LogP contribution is -1.82. The molecule has 0 spiro atoms. The van der Waals surface area contributed by atoms with Gasteiger partial charge in [-0.3, -0.25) is 0 Å². The zero-order valence-electron chi connectivity index (χ0n) is 6.46. The van der Waals surface area contributed by atoms with Crippen LogP contribution in [-0.4, -0.2) is 16.8 Å². The molecule has 2 nitrogen and oxygen atoms in total. The summed E-state index contributed by atoms with van der Waals surface area (Å²) in [6.45, 7) is 3.57. The highest BCUT2D eigenvalue weighted by Gasteiger charge is 1.82. The van der Waals surface area contributed by atoms with Gasteiger partial charge in [0.25, 0.3) is 0 Å². The highest BCUT2D eigenvalue weighted by atomic mass is 16.3. The second-order valence-electron chi connectivity index (χ2n) is 2.29. The van der Waals surface area contributed by atoms with Gasteiger partial charge >= 0.3 is 0 Å². The van der Waals surface area contributed by atoms with Crippen LogP contribution in [0, 0.1) is 0 Å². The molecule has 2 N–H and O–H groups in total. The fraction of sp³-hybridized carbons (Fsp3) is 0.500. The van der Waals surface area contributed by atoms with E-state index >= 15 is 0 Å². The van der Waals surface area contributed by atoms with E-state index in [4.69, 9.17) is 10.2 Å². The van der Waals surface area contributed by atoms with Crippen LogP contribution in [0.3, 0.4) is 0 Å². The first kappa shape index (κ1) is 9.24. The van der Waals surface area contributed by atoms with Gasteiger partial charge in [-0.05, 0) is 26.3 Å². The third-order valence-electron chi connectivity index (χ3n) is 1.13. The van der Waals surface area contributed by atoms with Crippen LogP contribution in [0.5, 0.6) is 0 Å². The lowest BCUT2D eigenvalue weighted by Gasteiger charge is -1.91. The summed E-state index contributed by atoms with van der Waals surface area (Å²) in [6, 6.07) is 0. The van der Waals surface area contributed by atoms with Gasteiger partial charge in [-0.2, -0.15) is 0 Å². The van der Waals surface area contributed by atoms with E-state index in [1.54, 1.807) is 13.0 Å². The van der Waals surface area contributed by atoms with Crippen LogP contribution in [0.1, 0.15) is 20.3 Å². The molecule has 10 heavy (non-hydrogen) atoms. The molecule has 0 heterocycles. The number of rotatable bonds is 3. The molecule has 0 amide bonds. The summed E-state index contributed by atoms with van der Waals surface area (Å²) in [6.07, 6.45) is 4.26. The van der Waals surface area contributed by atoms with Gasteiger partial charge in [0.05, 0.1) is 12.4 Å². The normalized spacial score (nSPS) is 13.9. The lowest BCUT2D eigenvalue weighted by molar-refractivity contribution is 0.331. The molecule has 0 unspecified atom stereocenters. The Kier molecular flexibility index (Phi) is 4.67. The highest BCUT2D eigenvalue weighted by molar-refractivity contribution is 5.02. The molecule has 0 aromatic carbocycles. The van der Waals surface area contributed by atoms with Crippen molar-refractivity contribution < 1.29 is 10.2 Å². The van der Waals surface area contributed by atoms with Crippen LogP contribution < -0.4 is 0 Å². The van der Waals surface area contributed by atoms with Crippen molar-refractivity contribution in [1.82, 2.24) is 0 Å². The zero-order valence-corrected chi connectivity index (χ0v) is 6.46. The maximum Gasteiger partial charge on any atom is 0.0855 e. The number of hydrogen-bond donors (Lipinski definition) is 2. The van der Waals surface area contributed by atoms with E-state index in [2.05, 4.69) is 0 Å². The molecule has 58 valence electrons. The van der Waals surface area contributed by atoms with E-state index in [-0.39, 0.29) is 6.61 Å². The van der Waals surface area contributed by atoms with E-state index in [0.29, 0.717) is 12.2 Å². The molecule has 0 saturated carbocycles. The first-order valence-corrected chi connectivity index (χ1v) is 3.29. The minimum Gasteiger partial charge on any atom is -0.513 e. The Balaban J connectivity index is 3.63. The number of allylic oxidation sites excluding steroid dienone is 3. The molecule has 0 aromatic rings. The lowest BCUT2D eigenvalue weighted by atomic mass is 10.2. The van der Waals surface area contributed by atoms with Crippen molar-refractivity contribution in [3.05, 3.63) is 23.5 Å². The third kappa shape index (κ3) is 5.38. The Morgan fingerprint density at radius 3 is 2.30 bits per heavy atom. The fourth-order valence-electron chi connectivity index (χ4n) is 0.495. The third-order valence-corrected chi connectivity index (χ3v) is 1.13. The monoisotopic (exact) mass is 142 g/mol. The number of aliphatic hydroxyl groups excluding tert-OH is 2. The summed E-state index contributed by atoms with van der Waals surface area (Å²) < 4.78 is 0. The standard InChI is InChI=1S/C8H14O2/c1-7(6-9)4-3-5-8(2)10/h4-5,9-10H,3,6H2,1-2H3. The van der Waals surface area contributed by atoms with Gasteiger partial charge in [0.2, 0.25) is 0 Å². The second-order valence-corrected chi connectivity index (χ2v) is 2.29. The quantitative estimate of drug-likeness (QED) is 0.465. The summed E-state index contributed by atoms with van der Waals surface area (Å²) in [5.74, 6) is 0.321. The van der Waals surface area contributed by atoms with E-state index in [1.807, 2.05) is 13.0 Å². The van der Waals surface area contributed by atoms with E-state index in [1.165, 1.54) is 0 Å². The minimum atomic E-state index is 0.0956. The summed E-state index contributed by atoms with van der Waals surface area (Å²) in [5.41, 5.74) is 0.928. The molecular formula is C8H14O2. The van der Waals surface area contributed by atoms with E-state index < -0.39 is 0 Å². The highest BCUT2D eigenvalue weighted by Crippen LogP contribution is 1.96. The van der Waals surface area contributed by atoms with Gasteiger partial charge in [0, 0.05) is 0 Å². The van der Waals surface area contributed by atoms with Gasteiger partial charge in [-0.25, -0.2) is 0 Å². The van der Waals surface area contributed by atoms with Crippen molar-refractivity contribution in [2.75, 3.05) is 6.61 Å². The molecule has 2 heteroatoms. The first-order valence-electron chi connectivity index (χ1n) is 3.29. The Bertz CT molecular complexity index is 141. The predicted molar refractivity (Wildman–Crippen MR) is 41.8 cm³/mol. The average molecular weight is 142 g/mol. The van der Waals surface area contributed by atoms with Crippen molar-refractivity contribution in [1.29, 1.82) is 0 Å². The molecule has 0 saturated heterocycles. The Morgan fingerprint density at radius 2 is 1.90 bits per heavy atom. The van der Waals surface area contributed by atoms with Crippen LogP contribution in [0.4, 0.5) is 0 Å². The van der Waals surface area contributed by atoms with E-state index in [0.717, 1.165) is 5.57 Å². The van der Waals surface area contributed by atoms with Crippen LogP contribution in [-0.2, 0) is 0 Å². The van der Waals surface area contributed by atoms with E-state index in [9.17, 15) is 0 Å². The van der Waals surface area contributed by atoms with Crippen molar-refractivity contribution in [2.45, 2.75) is 20.3 Å². The van der Waals surface area contributed by atoms with Crippen LogP contribution in [0.2, 0.25) is 0 Å². The summed E-state index contributed by atoms with van der Waals surface area (Å²) >= 11 is 0. The summed E-state index contributed by atoms with van der Waals surface area (Å²) in [4.78, 5) is 0. The SMILES string of the molecule is CC(O)=CCC=C(C)CO.